The lowest BCUT2D eigenvalue weighted by molar-refractivity contribution is -0.117. The second-order valence-corrected chi connectivity index (χ2v) is 5.55. The van der Waals surface area contributed by atoms with Gasteiger partial charge in [0.05, 0.1) is 0 Å². The maximum absolute atomic E-state index is 10.8. The van der Waals surface area contributed by atoms with Crippen molar-refractivity contribution in [1.82, 2.24) is 0 Å². The summed E-state index contributed by atoms with van der Waals surface area (Å²) in [5.41, 5.74) is 1.17. The van der Waals surface area contributed by atoms with Crippen LogP contribution in [0.1, 0.15) is 51.0 Å². The number of hydrogen-bond donors (Lipinski definition) is 0. The Kier molecular flexibility index (Phi) is 7.38. The summed E-state index contributed by atoms with van der Waals surface area (Å²) in [6.45, 7) is 1.66. The van der Waals surface area contributed by atoms with Gasteiger partial charge in [-0.25, -0.2) is 0 Å². The topological polar surface area (TPSA) is 17.1 Å². The van der Waals surface area contributed by atoms with Crippen LogP contribution in [-0.2, 0) is 11.2 Å². The normalized spacial score (nSPS) is 10.6. The first kappa shape index (κ1) is 15.5. The summed E-state index contributed by atoms with van der Waals surface area (Å²) in [6, 6.07) is 5.68. The maximum Gasteiger partial charge on any atom is 0.129 e. The van der Waals surface area contributed by atoms with E-state index in [1.807, 2.05) is 12.1 Å². The number of carbonyl (C=O) groups excluding carboxylic acids is 1. The van der Waals surface area contributed by atoms with E-state index in [4.69, 9.17) is 23.2 Å². The molecule has 0 saturated carbocycles. The molecule has 1 rings (SSSR count). The maximum atomic E-state index is 10.8. The Morgan fingerprint density at radius 1 is 1.06 bits per heavy atom. The molecular formula is C15H20Cl2O. The van der Waals surface area contributed by atoms with Crippen LogP contribution >= 0.6 is 23.2 Å². The average Bonchev–Trinajstić information content (AvgIpc) is 2.30. The minimum atomic E-state index is 0.294. The lowest BCUT2D eigenvalue weighted by Crippen LogP contribution is -1.90. The molecule has 0 bridgehead atoms. The minimum absolute atomic E-state index is 0.294. The van der Waals surface area contributed by atoms with E-state index < -0.39 is 0 Å². The van der Waals surface area contributed by atoms with Gasteiger partial charge in [-0.1, -0.05) is 48.5 Å². The number of halogens is 2. The van der Waals surface area contributed by atoms with Crippen molar-refractivity contribution < 1.29 is 4.79 Å². The molecule has 1 aromatic rings. The van der Waals surface area contributed by atoms with Gasteiger partial charge >= 0.3 is 0 Å². The highest BCUT2D eigenvalue weighted by atomic mass is 35.5. The van der Waals surface area contributed by atoms with Crippen molar-refractivity contribution in [3.05, 3.63) is 33.8 Å². The summed E-state index contributed by atoms with van der Waals surface area (Å²) in [4.78, 5) is 10.8. The highest BCUT2D eigenvalue weighted by Gasteiger charge is 2.01. The van der Waals surface area contributed by atoms with Crippen LogP contribution in [0.15, 0.2) is 18.2 Å². The molecule has 0 heterocycles. The van der Waals surface area contributed by atoms with Gasteiger partial charge < -0.3 is 4.79 Å². The van der Waals surface area contributed by atoms with Crippen LogP contribution in [0.2, 0.25) is 10.0 Å². The number of hydrogen-bond acceptors (Lipinski definition) is 1. The molecule has 18 heavy (non-hydrogen) atoms. The molecule has 0 atom stereocenters. The summed E-state index contributed by atoms with van der Waals surface area (Å²) >= 11 is 12.0. The lowest BCUT2D eigenvalue weighted by atomic mass is 10.0. The summed E-state index contributed by atoms with van der Waals surface area (Å²) in [7, 11) is 0. The Hall–Kier alpha value is -0.530. The molecule has 100 valence electrons. The number of Topliss-reactive ketones (excluding diaryl/α,β-unsaturated/α-hetero) is 1. The van der Waals surface area contributed by atoms with Crippen molar-refractivity contribution in [2.45, 2.75) is 51.9 Å². The van der Waals surface area contributed by atoms with E-state index in [0.29, 0.717) is 10.8 Å². The Morgan fingerprint density at radius 2 is 1.72 bits per heavy atom. The molecule has 0 aliphatic heterocycles. The van der Waals surface area contributed by atoms with Crippen molar-refractivity contribution in [2.75, 3.05) is 0 Å². The first-order chi connectivity index (χ1) is 8.59. The number of benzene rings is 1. The zero-order valence-corrected chi connectivity index (χ0v) is 12.4. The first-order valence-electron chi connectivity index (χ1n) is 6.53. The zero-order chi connectivity index (χ0) is 13.4. The van der Waals surface area contributed by atoms with E-state index >= 15 is 0 Å². The first-order valence-corrected chi connectivity index (χ1v) is 7.28. The molecule has 0 amide bonds. The molecule has 0 saturated heterocycles. The van der Waals surface area contributed by atoms with Crippen molar-refractivity contribution in [1.29, 1.82) is 0 Å². The zero-order valence-electron chi connectivity index (χ0n) is 10.8. The number of unbranched alkanes of at least 4 members (excludes halogenated alkanes) is 4. The summed E-state index contributed by atoms with van der Waals surface area (Å²) in [6.07, 6.45) is 7.42. The van der Waals surface area contributed by atoms with Crippen molar-refractivity contribution in [2.24, 2.45) is 0 Å². The molecule has 0 unspecified atom stereocenters. The number of carbonyl (C=O) groups is 1. The molecule has 0 fully saturated rings. The lowest BCUT2D eigenvalue weighted by Gasteiger charge is -2.04. The van der Waals surface area contributed by atoms with Gasteiger partial charge in [-0.2, -0.15) is 0 Å². The fourth-order valence-electron chi connectivity index (χ4n) is 1.94. The Morgan fingerprint density at radius 3 is 2.39 bits per heavy atom. The van der Waals surface area contributed by atoms with Gasteiger partial charge in [0.1, 0.15) is 5.78 Å². The van der Waals surface area contributed by atoms with Gasteiger partial charge in [-0.05, 0) is 43.9 Å². The Labute approximate surface area is 119 Å². The van der Waals surface area contributed by atoms with Crippen LogP contribution in [0.25, 0.3) is 0 Å². The molecular weight excluding hydrogens is 267 g/mol. The number of aryl methyl sites for hydroxylation is 1. The molecule has 1 nitrogen and oxygen atoms in total. The van der Waals surface area contributed by atoms with Gasteiger partial charge in [-0.3, -0.25) is 0 Å². The second kappa shape index (κ2) is 8.55. The van der Waals surface area contributed by atoms with E-state index in [1.165, 1.54) is 18.4 Å². The van der Waals surface area contributed by atoms with Gasteiger partial charge in [0.25, 0.3) is 0 Å². The number of ketones is 1. The highest BCUT2D eigenvalue weighted by molar-refractivity contribution is 6.35. The van der Waals surface area contributed by atoms with E-state index in [9.17, 15) is 4.79 Å². The Bertz CT molecular complexity index is 388. The SMILES string of the molecule is CC(=O)CCCCCCCc1ccc(Cl)cc1Cl. The fraction of sp³-hybridized carbons (Fsp3) is 0.533. The molecule has 0 aliphatic rings. The highest BCUT2D eigenvalue weighted by Crippen LogP contribution is 2.22. The molecule has 0 radical (unpaired) electrons. The fourth-order valence-corrected chi connectivity index (χ4v) is 2.45. The predicted molar refractivity (Wildman–Crippen MR) is 78.5 cm³/mol. The van der Waals surface area contributed by atoms with Crippen LogP contribution in [-0.4, -0.2) is 5.78 Å². The van der Waals surface area contributed by atoms with Crippen molar-refractivity contribution in [3.63, 3.8) is 0 Å². The third-order valence-electron chi connectivity index (χ3n) is 2.99. The van der Waals surface area contributed by atoms with Gasteiger partial charge in [0.2, 0.25) is 0 Å². The van der Waals surface area contributed by atoms with E-state index in [1.54, 1.807) is 13.0 Å². The molecule has 0 aromatic heterocycles. The van der Waals surface area contributed by atoms with Crippen LogP contribution in [0.5, 0.6) is 0 Å². The minimum Gasteiger partial charge on any atom is -0.300 e. The van der Waals surface area contributed by atoms with Gasteiger partial charge in [-0.15, -0.1) is 0 Å². The molecule has 1 aromatic carbocycles. The third-order valence-corrected chi connectivity index (χ3v) is 3.58. The number of rotatable bonds is 8. The van der Waals surface area contributed by atoms with Gasteiger partial charge in [0, 0.05) is 16.5 Å². The van der Waals surface area contributed by atoms with Crippen molar-refractivity contribution >= 4 is 29.0 Å². The molecule has 0 aliphatic carbocycles. The summed E-state index contributed by atoms with van der Waals surface area (Å²) in [5, 5.41) is 1.45. The predicted octanol–water partition coefficient (Wildman–Crippen LogP) is 5.47. The van der Waals surface area contributed by atoms with Crippen LogP contribution in [0, 0.1) is 0 Å². The van der Waals surface area contributed by atoms with Crippen LogP contribution in [0.4, 0.5) is 0 Å². The summed E-state index contributed by atoms with van der Waals surface area (Å²) < 4.78 is 0. The van der Waals surface area contributed by atoms with Gasteiger partial charge in [0.15, 0.2) is 0 Å². The Balaban J connectivity index is 2.12. The summed E-state index contributed by atoms with van der Waals surface area (Å²) in [5.74, 6) is 0.294. The third kappa shape index (κ3) is 6.42. The van der Waals surface area contributed by atoms with E-state index in [-0.39, 0.29) is 0 Å². The van der Waals surface area contributed by atoms with Crippen LogP contribution in [0.3, 0.4) is 0 Å². The molecule has 3 heteroatoms. The smallest absolute Gasteiger partial charge is 0.129 e. The second-order valence-electron chi connectivity index (χ2n) is 4.71. The molecule has 0 N–H and O–H groups in total. The van der Waals surface area contributed by atoms with Crippen molar-refractivity contribution in [3.8, 4) is 0 Å². The van der Waals surface area contributed by atoms with E-state index in [0.717, 1.165) is 37.1 Å². The molecule has 0 spiro atoms. The van der Waals surface area contributed by atoms with Crippen LogP contribution < -0.4 is 0 Å². The van der Waals surface area contributed by atoms with E-state index in [2.05, 4.69) is 0 Å². The standard InChI is InChI=1S/C15H20Cl2O/c1-12(18)7-5-3-2-4-6-8-13-9-10-14(16)11-15(13)17/h9-11H,2-8H2,1H3. The monoisotopic (exact) mass is 286 g/mol. The average molecular weight is 287 g/mol. The largest absolute Gasteiger partial charge is 0.300 e. The quantitative estimate of drug-likeness (QED) is 0.580.